The molecule has 308 valence electrons. The molecule has 3 aromatic heterocycles. The molecule has 2 amide bonds. The fourth-order valence-corrected chi connectivity index (χ4v) is 5.26. The van der Waals surface area contributed by atoms with E-state index in [1.165, 1.54) is 31.0 Å². The maximum absolute atomic E-state index is 10.7. The van der Waals surface area contributed by atoms with Crippen LogP contribution in [0.2, 0.25) is 15.1 Å². The summed E-state index contributed by atoms with van der Waals surface area (Å²) in [5.41, 5.74) is 9.52. The average Bonchev–Trinajstić information content (AvgIpc) is 3.76. The van der Waals surface area contributed by atoms with E-state index >= 15 is 0 Å². The van der Waals surface area contributed by atoms with Crippen LogP contribution in [0, 0.1) is 0 Å². The van der Waals surface area contributed by atoms with E-state index in [0.29, 0.717) is 33.8 Å². The molecule has 15 nitrogen and oxygen atoms in total. The van der Waals surface area contributed by atoms with Gasteiger partial charge in [0.05, 0.1) is 38.9 Å². The molecule has 0 saturated heterocycles. The summed E-state index contributed by atoms with van der Waals surface area (Å²) in [6, 6.07) is 16.6. The zero-order chi connectivity index (χ0) is 41.8. The van der Waals surface area contributed by atoms with E-state index in [2.05, 4.69) is 30.6 Å². The second kappa shape index (κ2) is 28.8. The van der Waals surface area contributed by atoms with E-state index in [-0.39, 0.29) is 43.0 Å². The number of hydrazine groups is 1. The van der Waals surface area contributed by atoms with Crippen molar-refractivity contribution in [3.05, 3.63) is 142 Å². The van der Waals surface area contributed by atoms with Gasteiger partial charge in [0, 0.05) is 88.5 Å². The Kier molecular flexibility index (Phi) is 24.5. The van der Waals surface area contributed by atoms with Crippen LogP contribution in [0.1, 0.15) is 64.8 Å². The van der Waals surface area contributed by atoms with Gasteiger partial charge in [0.25, 0.3) is 11.8 Å². The van der Waals surface area contributed by atoms with Crippen molar-refractivity contribution in [2.45, 2.75) is 58.0 Å². The zero-order valence-corrected chi connectivity index (χ0v) is 34.1. The number of halogens is 3. The summed E-state index contributed by atoms with van der Waals surface area (Å²) in [7, 11) is 0. The van der Waals surface area contributed by atoms with Crippen LogP contribution in [-0.4, -0.2) is 84.9 Å². The molecule has 57 heavy (non-hydrogen) atoms. The number of aliphatic hydroxyl groups excluding tert-OH is 2. The molecular weight excluding hydrogens is 795 g/mol. The van der Waals surface area contributed by atoms with Gasteiger partial charge in [-0.1, -0.05) is 66.8 Å². The molecule has 0 aliphatic carbocycles. The number of amides is 2. The Morgan fingerprint density at radius 2 is 1.46 bits per heavy atom. The summed E-state index contributed by atoms with van der Waals surface area (Å²) < 4.78 is 8.08. The highest BCUT2D eigenvalue weighted by Crippen LogP contribution is 2.30. The maximum Gasteiger partial charge on any atom is 0.268 e. The molecule has 5 aromatic rings. The van der Waals surface area contributed by atoms with E-state index in [9.17, 15) is 9.59 Å². The molecule has 18 heteroatoms. The smallest absolute Gasteiger partial charge is 0.268 e. The number of imidazole rings is 1. The van der Waals surface area contributed by atoms with Crippen molar-refractivity contribution >= 4 is 46.6 Å². The summed E-state index contributed by atoms with van der Waals surface area (Å²) in [6.07, 6.45) is 14.3. The predicted molar refractivity (Wildman–Crippen MR) is 222 cm³/mol. The average molecular weight is 846 g/mol. The van der Waals surface area contributed by atoms with Crippen LogP contribution < -0.4 is 27.6 Å². The first-order valence-electron chi connectivity index (χ1n) is 18.0. The monoisotopic (exact) mass is 844 g/mol. The van der Waals surface area contributed by atoms with Crippen LogP contribution in [0.15, 0.2) is 104 Å². The number of nitrogen functional groups attached to an aromatic ring is 1. The van der Waals surface area contributed by atoms with Gasteiger partial charge in [-0.05, 0) is 54.8 Å². The second-order valence-corrected chi connectivity index (χ2v) is 13.3. The minimum Gasteiger partial charge on any atom is -0.395 e. The first kappa shape index (κ1) is 48.6. The highest BCUT2D eigenvalue weighted by Gasteiger charge is 2.17. The van der Waals surface area contributed by atoms with Gasteiger partial charge in [-0.25, -0.2) is 15.8 Å². The Morgan fingerprint density at radius 1 is 0.825 bits per heavy atom. The summed E-state index contributed by atoms with van der Waals surface area (Å²) in [5.74, 6) is 4.03. The molecule has 0 bridgehead atoms. The topological polar surface area (TPSA) is 228 Å². The van der Waals surface area contributed by atoms with Gasteiger partial charge >= 0.3 is 0 Å². The summed E-state index contributed by atoms with van der Waals surface area (Å²) in [5, 5.41) is 26.2. The van der Waals surface area contributed by atoms with Crippen LogP contribution in [0.4, 0.5) is 0 Å². The normalized spacial score (nSPS) is 11.9. The summed E-state index contributed by atoms with van der Waals surface area (Å²) in [6.45, 7) is 7.19. The molecule has 0 spiro atoms. The van der Waals surface area contributed by atoms with Gasteiger partial charge in [-0.3, -0.25) is 25.0 Å². The van der Waals surface area contributed by atoms with Gasteiger partial charge in [0.1, 0.15) is 11.8 Å². The van der Waals surface area contributed by atoms with Crippen molar-refractivity contribution in [1.82, 2.24) is 40.6 Å². The maximum atomic E-state index is 10.7. The van der Waals surface area contributed by atoms with Crippen molar-refractivity contribution in [2.24, 2.45) is 11.6 Å². The number of nitrogens with one attached hydrogen (secondary N) is 3. The lowest BCUT2D eigenvalue weighted by Gasteiger charge is -2.20. The predicted octanol–water partition coefficient (Wildman–Crippen LogP) is 4.77. The molecule has 0 aliphatic rings. The molecule has 0 aliphatic heterocycles. The number of nitrogens with zero attached hydrogens (tertiary/aromatic N) is 5. The number of ether oxygens (including phenoxy) is 1. The summed E-state index contributed by atoms with van der Waals surface area (Å²) >= 11 is 18.3. The van der Waals surface area contributed by atoms with E-state index in [4.69, 9.17) is 61.3 Å². The minimum atomic E-state index is -0.553. The quantitative estimate of drug-likeness (QED) is 0.0291. The molecule has 0 radical (unpaired) electrons. The second-order valence-electron chi connectivity index (χ2n) is 12.0. The first-order chi connectivity index (χ1) is 27.5. The number of carbonyl (C=O) groups excluding carboxylic acids is 2. The van der Waals surface area contributed by atoms with Crippen molar-refractivity contribution in [2.75, 3.05) is 26.3 Å². The molecule has 1 unspecified atom stereocenters. The fourth-order valence-electron chi connectivity index (χ4n) is 4.61. The lowest BCUT2D eigenvalue weighted by Crippen LogP contribution is -2.40. The van der Waals surface area contributed by atoms with E-state index < -0.39 is 5.91 Å². The van der Waals surface area contributed by atoms with Crippen molar-refractivity contribution in [1.29, 1.82) is 0 Å². The lowest BCUT2D eigenvalue weighted by atomic mass is 10.1. The van der Waals surface area contributed by atoms with E-state index in [1.54, 1.807) is 30.7 Å². The SMILES string of the molecule is CC[C@@H](CO)NCCN[C@@H](CC)CO.Clc1ccc(COC(Cn2ccnc2)c2ccc(Cl)cc2Cl)cc1.NC(=O)c1cnccn1.NNC(=O)c1ccncc1. The number of nitrogens with two attached hydrogens (primary N) is 2. The Hall–Kier alpha value is -4.55. The Labute approximate surface area is 348 Å². The highest BCUT2D eigenvalue weighted by molar-refractivity contribution is 6.35. The standard InChI is InChI=1S/C18H15Cl3N2O.C10H24N2O2.C6H7N3O.C5H5N3O/c19-14-3-1-13(2-4-14)11-24-18(10-23-8-7-22-12-23)16-6-5-15(20)9-17(16)21;1-3-9(7-13)11-5-6-12-10(4-2)8-14;7-9-6(10)5-1-3-8-4-2-5;6-5(9)4-3-7-1-2-8-4/h1-9,12,18H,10-11H2;9-14H,3-8H2,1-2H3;1-4H,7H2,(H,9,10);1-3H,(H2,6,9)/t;9-,10-;;/m.0../s1. The number of rotatable bonds is 17. The third-order valence-corrected chi connectivity index (χ3v) is 8.73. The fraction of sp³-hybridized carbons (Fsp3) is 0.333. The number of aromatic nitrogens is 5. The van der Waals surface area contributed by atoms with Gasteiger partial charge in [-0.2, -0.15) is 0 Å². The highest BCUT2D eigenvalue weighted by atomic mass is 35.5. The number of benzene rings is 2. The van der Waals surface area contributed by atoms with Crippen LogP contribution in [-0.2, 0) is 17.9 Å². The van der Waals surface area contributed by atoms with Gasteiger partial charge in [-0.15, -0.1) is 0 Å². The number of pyridine rings is 1. The van der Waals surface area contributed by atoms with Crippen LogP contribution in [0.25, 0.3) is 0 Å². The van der Waals surface area contributed by atoms with Gasteiger partial charge in [0.2, 0.25) is 0 Å². The Bertz CT molecular complexity index is 1790. The number of carbonyl (C=O) groups is 2. The molecule has 5 rings (SSSR count). The van der Waals surface area contributed by atoms with E-state index in [0.717, 1.165) is 37.1 Å². The third kappa shape index (κ3) is 19.9. The Balaban J connectivity index is 0.000000288. The number of hydrogen-bond acceptors (Lipinski definition) is 12. The molecule has 2 aromatic carbocycles. The van der Waals surface area contributed by atoms with Gasteiger partial charge < -0.3 is 35.9 Å². The third-order valence-electron chi connectivity index (χ3n) is 7.92. The van der Waals surface area contributed by atoms with Crippen molar-refractivity contribution in [3.8, 4) is 0 Å². The van der Waals surface area contributed by atoms with Crippen LogP contribution in [0.5, 0.6) is 0 Å². The molecular formula is C39H51Cl3N10O5. The molecule has 9 N–H and O–H groups in total. The van der Waals surface area contributed by atoms with Gasteiger partial charge in [0.15, 0.2) is 0 Å². The Morgan fingerprint density at radius 3 is 1.93 bits per heavy atom. The summed E-state index contributed by atoms with van der Waals surface area (Å²) in [4.78, 5) is 36.2. The largest absolute Gasteiger partial charge is 0.395 e. The van der Waals surface area contributed by atoms with Crippen LogP contribution in [0.3, 0.4) is 0 Å². The van der Waals surface area contributed by atoms with E-state index in [1.807, 2.05) is 66.4 Å². The minimum absolute atomic E-state index is 0.188. The van der Waals surface area contributed by atoms with Crippen LogP contribution >= 0.6 is 34.8 Å². The zero-order valence-electron chi connectivity index (χ0n) is 31.8. The number of aliphatic hydroxyl groups is 2. The molecule has 3 heterocycles. The van der Waals surface area contributed by atoms with Crippen molar-refractivity contribution < 1.29 is 24.5 Å². The number of hydrogen-bond donors (Lipinski definition) is 7. The molecule has 0 saturated carbocycles. The lowest BCUT2D eigenvalue weighted by molar-refractivity contribution is 0.0280. The van der Waals surface area contributed by atoms with Crippen molar-refractivity contribution in [3.63, 3.8) is 0 Å². The number of primary amides is 1. The first-order valence-corrected chi connectivity index (χ1v) is 19.1. The molecule has 0 fully saturated rings. The molecule has 3 atom stereocenters.